The van der Waals surface area contributed by atoms with E-state index in [-0.39, 0.29) is 5.92 Å². The summed E-state index contributed by atoms with van der Waals surface area (Å²) in [5.74, 6) is 0.534. The predicted octanol–water partition coefficient (Wildman–Crippen LogP) is 3.71. The summed E-state index contributed by atoms with van der Waals surface area (Å²) in [6, 6.07) is 19.4. The zero-order chi connectivity index (χ0) is 28.0. The third-order valence-electron chi connectivity index (χ3n) is 9.67. The van der Waals surface area contributed by atoms with Crippen molar-refractivity contribution in [2.45, 2.75) is 42.5 Å². The van der Waals surface area contributed by atoms with Crippen molar-refractivity contribution in [3.8, 4) is 17.6 Å². The molecule has 1 saturated heterocycles. The van der Waals surface area contributed by atoms with Crippen molar-refractivity contribution >= 4 is 0 Å². The first kappa shape index (κ1) is 26.4. The van der Waals surface area contributed by atoms with Gasteiger partial charge in [0.25, 0.3) is 0 Å². The molecule has 3 heterocycles. The van der Waals surface area contributed by atoms with Gasteiger partial charge in [-0.25, -0.2) is 0 Å². The number of benzene rings is 2. The number of rotatable bonds is 7. The molecular formula is C33H35N3O5. The Morgan fingerprint density at radius 3 is 2.49 bits per heavy atom. The van der Waals surface area contributed by atoms with Crippen molar-refractivity contribution in [2.75, 3.05) is 39.5 Å². The molecule has 8 heteroatoms. The number of aliphatic hydroxyl groups excluding tert-OH is 1. The number of aliphatic hydroxyl groups is 2. The molecule has 3 fully saturated rings. The number of aromatic nitrogens is 1. The van der Waals surface area contributed by atoms with E-state index in [1.54, 1.807) is 24.5 Å². The molecule has 0 spiro atoms. The lowest BCUT2D eigenvalue weighted by molar-refractivity contribution is -0.152. The van der Waals surface area contributed by atoms with Crippen LogP contribution in [0.15, 0.2) is 67.0 Å². The predicted molar refractivity (Wildman–Crippen MR) is 150 cm³/mol. The maximum Gasteiger partial charge on any atom is 0.177 e. The Hall–Kier alpha value is -3.48. The van der Waals surface area contributed by atoms with E-state index in [2.05, 4.69) is 16.0 Å². The Labute approximate surface area is 240 Å². The normalized spacial score (nSPS) is 31.0. The highest BCUT2D eigenvalue weighted by atomic mass is 16.5. The molecule has 0 radical (unpaired) electrons. The number of nitriles is 1. The molecule has 0 bridgehead atoms. The van der Waals surface area contributed by atoms with Gasteiger partial charge < -0.3 is 24.4 Å². The molecule has 3 aromatic rings. The van der Waals surface area contributed by atoms with E-state index >= 15 is 0 Å². The zero-order valence-electron chi connectivity index (χ0n) is 23.0. The molecule has 2 aromatic carbocycles. The smallest absolute Gasteiger partial charge is 0.177 e. The van der Waals surface area contributed by atoms with Gasteiger partial charge >= 0.3 is 0 Å². The third-order valence-corrected chi connectivity index (χ3v) is 9.67. The number of ether oxygens (including phenoxy) is 3. The highest BCUT2D eigenvalue weighted by Gasteiger charge is 2.76. The van der Waals surface area contributed by atoms with Crippen LogP contribution in [0.1, 0.15) is 47.4 Å². The fraction of sp³-hybridized carbons (Fsp3) is 0.455. The number of morpholine rings is 1. The van der Waals surface area contributed by atoms with E-state index in [0.29, 0.717) is 60.5 Å². The van der Waals surface area contributed by atoms with E-state index < -0.39 is 23.2 Å². The molecule has 7 rings (SSSR count). The number of nitrogens with zero attached hydrogens (tertiary/aromatic N) is 3. The molecule has 2 aliphatic carbocycles. The molecule has 0 amide bonds. The van der Waals surface area contributed by atoms with Gasteiger partial charge in [0.15, 0.2) is 11.2 Å². The lowest BCUT2D eigenvalue weighted by atomic mass is 9.70. The molecule has 212 valence electrons. The first-order valence-corrected chi connectivity index (χ1v) is 14.6. The highest BCUT2D eigenvalue weighted by molar-refractivity contribution is 5.59. The minimum Gasteiger partial charge on any atom is -0.491 e. The van der Waals surface area contributed by atoms with Crippen molar-refractivity contribution in [3.05, 3.63) is 89.2 Å². The summed E-state index contributed by atoms with van der Waals surface area (Å²) >= 11 is 0. The van der Waals surface area contributed by atoms with E-state index in [1.807, 2.05) is 42.5 Å². The summed E-state index contributed by atoms with van der Waals surface area (Å²) in [7, 11) is 0. The largest absolute Gasteiger partial charge is 0.491 e. The summed E-state index contributed by atoms with van der Waals surface area (Å²) in [5, 5.41) is 35.1. The molecule has 1 aromatic heterocycles. The van der Waals surface area contributed by atoms with Crippen molar-refractivity contribution in [1.29, 1.82) is 5.26 Å². The molecular weight excluding hydrogens is 518 g/mol. The standard InChI is InChI=1S/C33H35N3O5/c34-17-22-9-11-25(12-10-22)33-29(24-7-2-1-3-8-24)26(20-36-13-15-39-16-14-36)31(37)32(33,38)30-27(18-35-19-28(30)41-33)40-21-23-5-4-6-23/h1-3,7-12,18-19,23,26,29,31,37-38H,4-6,13-16,20-21H2/t26-,29-,31-,32+,33+/m1/s1. The number of hydrogen-bond acceptors (Lipinski definition) is 8. The minimum absolute atomic E-state index is 0.378. The van der Waals surface area contributed by atoms with Crippen LogP contribution in [0, 0.1) is 23.2 Å². The maximum absolute atomic E-state index is 13.1. The van der Waals surface area contributed by atoms with Gasteiger partial charge in [0.1, 0.15) is 11.5 Å². The summed E-state index contributed by atoms with van der Waals surface area (Å²) < 4.78 is 18.9. The van der Waals surface area contributed by atoms with E-state index in [1.165, 1.54) is 6.42 Å². The topological polar surface area (TPSA) is 108 Å². The Morgan fingerprint density at radius 1 is 1.05 bits per heavy atom. The van der Waals surface area contributed by atoms with Crippen LogP contribution in [0.5, 0.6) is 11.5 Å². The van der Waals surface area contributed by atoms with Gasteiger partial charge in [0.05, 0.1) is 55.5 Å². The molecule has 5 atom stereocenters. The average Bonchev–Trinajstić information content (AvgIpc) is 3.36. The van der Waals surface area contributed by atoms with Crippen LogP contribution in [-0.4, -0.2) is 65.7 Å². The fourth-order valence-electron chi connectivity index (χ4n) is 7.43. The Bertz CT molecular complexity index is 1430. The second kappa shape index (κ2) is 10.4. The van der Waals surface area contributed by atoms with Crippen LogP contribution in [0.3, 0.4) is 0 Å². The number of fused-ring (bicyclic) bond motifs is 3. The Morgan fingerprint density at radius 2 is 1.80 bits per heavy atom. The van der Waals surface area contributed by atoms with Crippen LogP contribution in [-0.2, 0) is 15.9 Å². The van der Waals surface area contributed by atoms with E-state index in [9.17, 15) is 15.5 Å². The van der Waals surface area contributed by atoms with Gasteiger partial charge in [-0.15, -0.1) is 0 Å². The van der Waals surface area contributed by atoms with Gasteiger partial charge in [0.2, 0.25) is 0 Å². The molecule has 8 nitrogen and oxygen atoms in total. The zero-order valence-corrected chi connectivity index (χ0v) is 23.0. The summed E-state index contributed by atoms with van der Waals surface area (Å²) in [4.78, 5) is 6.71. The van der Waals surface area contributed by atoms with Crippen LogP contribution < -0.4 is 9.47 Å². The second-order valence-electron chi connectivity index (χ2n) is 11.8. The molecule has 4 aliphatic rings. The summed E-state index contributed by atoms with van der Waals surface area (Å²) in [6.07, 6.45) is 5.51. The van der Waals surface area contributed by atoms with E-state index in [4.69, 9.17) is 14.2 Å². The molecule has 2 N–H and O–H groups in total. The first-order valence-electron chi connectivity index (χ1n) is 14.6. The maximum atomic E-state index is 13.1. The highest BCUT2D eigenvalue weighted by Crippen LogP contribution is 2.69. The molecule has 0 unspecified atom stereocenters. The van der Waals surface area contributed by atoms with Crippen molar-refractivity contribution in [3.63, 3.8) is 0 Å². The van der Waals surface area contributed by atoms with E-state index in [0.717, 1.165) is 31.5 Å². The molecule has 41 heavy (non-hydrogen) atoms. The quantitative estimate of drug-likeness (QED) is 0.456. The van der Waals surface area contributed by atoms with Gasteiger partial charge in [-0.2, -0.15) is 5.26 Å². The monoisotopic (exact) mass is 553 g/mol. The van der Waals surface area contributed by atoms with Crippen LogP contribution in [0.2, 0.25) is 0 Å². The van der Waals surface area contributed by atoms with Crippen molar-refractivity contribution < 1.29 is 24.4 Å². The van der Waals surface area contributed by atoms with Crippen LogP contribution >= 0.6 is 0 Å². The van der Waals surface area contributed by atoms with Crippen molar-refractivity contribution in [1.82, 2.24) is 9.88 Å². The summed E-state index contributed by atoms with van der Waals surface area (Å²) in [5.41, 5.74) is -0.616. The summed E-state index contributed by atoms with van der Waals surface area (Å²) in [6.45, 7) is 3.87. The third kappa shape index (κ3) is 4.06. The van der Waals surface area contributed by atoms with Gasteiger partial charge in [-0.1, -0.05) is 48.9 Å². The number of hydrogen-bond donors (Lipinski definition) is 2. The minimum atomic E-state index is -1.84. The number of pyridine rings is 1. The lowest BCUT2D eigenvalue weighted by Gasteiger charge is -2.41. The molecule has 2 aliphatic heterocycles. The van der Waals surface area contributed by atoms with Crippen LogP contribution in [0.4, 0.5) is 0 Å². The molecule has 2 saturated carbocycles. The fourth-order valence-corrected chi connectivity index (χ4v) is 7.43. The lowest BCUT2D eigenvalue weighted by Crippen LogP contribution is -2.52. The Balaban J connectivity index is 1.42. The first-order chi connectivity index (χ1) is 20.1. The van der Waals surface area contributed by atoms with Gasteiger partial charge in [-0.05, 0) is 42.0 Å². The van der Waals surface area contributed by atoms with Crippen LogP contribution in [0.25, 0.3) is 0 Å². The second-order valence-corrected chi connectivity index (χ2v) is 11.8. The SMILES string of the molecule is N#Cc1ccc([C@@]23Oc4cncc(OCC5CCC5)c4[C@]2(O)[C@H](O)[C@H](CN2CCOCC2)[C@H]3c2ccccc2)cc1. The van der Waals surface area contributed by atoms with Crippen molar-refractivity contribution in [2.24, 2.45) is 11.8 Å². The average molecular weight is 554 g/mol. The van der Waals surface area contributed by atoms with Gasteiger partial charge in [-0.3, -0.25) is 9.88 Å². The Kier molecular flexibility index (Phi) is 6.71. The van der Waals surface area contributed by atoms with Gasteiger partial charge in [0, 0.05) is 31.5 Å².